The van der Waals surface area contributed by atoms with Gasteiger partial charge in [0.15, 0.2) is 0 Å². The molecule has 0 unspecified atom stereocenters. The van der Waals surface area contributed by atoms with Crippen LogP contribution in [0.1, 0.15) is 2.85 Å². The normalized spacial score (nSPS) is 8.10. The summed E-state index contributed by atoms with van der Waals surface area (Å²) in [6.07, 6.45) is 0. The Morgan fingerprint density at radius 3 is 2.60 bits per heavy atom. The van der Waals surface area contributed by atoms with Crippen LogP contribution in [0.25, 0.3) is 0 Å². The Morgan fingerprint density at radius 2 is 2.20 bits per heavy atom. The molecule has 1 rings (SSSR count). The second kappa shape index (κ2) is 4.41. The average Bonchev–Trinajstić information content (AvgIpc) is 1.88. The van der Waals surface area contributed by atoms with E-state index in [1.165, 1.54) is 0 Å². The molecule has 0 heterocycles. The fraction of sp³-hybridized carbons (Fsp3) is 0.143. The second-order valence-corrected chi connectivity index (χ2v) is 1.70. The minimum atomic E-state index is 0. The first kappa shape index (κ1) is 9.59. The molecule has 1 aromatic rings. The van der Waals surface area contributed by atoms with Crippen molar-refractivity contribution in [1.29, 1.82) is 0 Å². The van der Waals surface area contributed by atoms with Crippen molar-refractivity contribution in [2.75, 3.05) is 7.11 Å². The van der Waals surface area contributed by atoms with Crippen molar-refractivity contribution in [3.8, 4) is 11.5 Å². The summed E-state index contributed by atoms with van der Waals surface area (Å²) in [6.45, 7) is 0. The van der Waals surface area contributed by atoms with Crippen LogP contribution in [-0.4, -0.2) is 35.3 Å². The van der Waals surface area contributed by atoms with E-state index in [-0.39, 0.29) is 31.7 Å². The Kier molecular flexibility index (Phi) is 4.23. The van der Waals surface area contributed by atoms with E-state index in [0.717, 1.165) is 0 Å². The average molecular weight is 150 g/mol. The predicted octanol–water partition coefficient (Wildman–Crippen LogP) is 1.24. The van der Waals surface area contributed by atoms with Crippen LogP contribution in [0.4, 0.5) is 0 Å². The zero-order valence-electron chi connectivity index (χ0n) is 7.87. The van der Waals surface area contributed by atoms with Gasteiger partial charge in [0, 0.05) is 6.07 Å². The van der Waals surface area contributed by atoms with Crippen molar-refractivity contribution < 1.29 is 12.7 Å². The minimum absolute atomic E-state index is 0. The van der Waals surface area contributed by atoms with E-state index in [1.54, 1.807) is 31.4 Å². The number of aromatic hydroxyl groups is 1. The molecule has 1 N–H and O–H groups in total. The first-order valence-electron chi connectivity index (χ1n) is 2.66. The van der Waals surface area contributed by atoms with Gasteiger partial charge in [-0.25, -0.2) is 0 Å². The largest absolute Gasteiger partial charge is 2.00 e. The number of benzene rings is 1. The minimum Gasteiger partial charge on any atom is -1.00 e. The third kappa shape index (κ3) is 2.45. The molecule has 0 fully saturated rings. The fourth-order valence-electron chi connectivity index (χ4n) is 0.610. The Labute approximate surface area is 78.9 Å². The van der Waals surface area contributed by atoms with Crippen molar-refractivity contribution >= 4 is 23.1 Å². The van der Waals surface area contributed by atoms with Crippen molar-refractivity contribution in [3.63, 3.8) is 0 Å². The summed E-state index contributed by atoms with van der Waals surface area (Å²) in [5.74, 6) is 0.907. The Balaban J connectivity index is -0.000000270. The number of phenols is 1. The maximum atomic E-state index is 8.86. The fourth-order valence-corrected chi connectivity index (χ4v) is 0.610. The van der Waals surface area contributed by atoms with Gasteiger partial charge in [-0.05, 0) is 12.1 Å². The molecule has 1 aromatic carbocycles. The van der Waals surface area contributed by atoms with E-state index in [2.05, 4.69) is 0 Å². The van der Waals surface area contributed by atoms with Crippen molar-refractivity contribution in [2.24, 2.45) is 0 Å². The molecule has 0 saturated carbocycles. The van der Waals surface area contributed by atoms with Gasteiger partial charge in [0.1, 0.15) is 11.5 Å². The van der Waals surface area contributed by atoms with Crippen LogP contribution in [0, 0.1) is 0 Å². The summed E-state index contributed by atoms with van der Waals surface area (Å²) in [4.78, 5) is 0. The van der Waals surface area contributed by atoms with E-state index in [4.69, 9.17) is 9.84 Å². The van der Waals surface area contributed by atoms with Gasteiger partial charge in [-0.1, -0.05) is 6.07 Å². The van der Waals surface area contributed by atoms with Crippen LogP contribution in [0.5, 0.6) is 11.5 Å². The number of ether oxygens (including phenoxy) is 1. The molecule has 0 bridgehead atoms. The summed E-state index contributed by atoms with van der Waals surface area (Å²) >= 11 is 0. The van der Waals surface area contributed by atoms with Crippen LogP contribution in [0.3, 0.4) is 0 Å². The first-order valence-corrected chi connectivity index (χ1v) is 2.66. The molecule has 0 saturated heterocycles. The summed E-state index contributed by atoms with van der Waals surface area (Å²) in [5, 5.41) is 8.86. The molecular weight excluding hydrogens is 140 g/mol. The molecule has 0 aliphatic rings. The van der Waals surface area contributed by atoms with E-state index >= 15 is 0 Å². The molecule has 0 aliphatic carbocycles. The van der Waals surface area contributed by atoms with Crippen molar-refractivity contribution in [1.82, 2.24) is 0 Å². The maximum Gasteiger partial charge on any atom is 2.00 e. The zero-order chi connectivity index (χ0) is 6.69. The first-order chi connectivity index (χ1) is 4.33. The Bertz CT molecular complexity index is 208. The monoisotopic (exact) mass is 150 g/mol. The molecule has 0 atom stereocenters. The van der Waals surface area contributed by atoms with Gasteiger partial charge in [-0.2, -0.15) is 0 Å². The third-order valence-electron chi connectivity index (χ3n) is 1.05. The van der Waals surface area contributed by atoms with Gasteiger partial charge in [0.25, 0.3) is 0 Å². The SMILES string of the molecule is COc1cccc(O)c1.[H-].[H-].[Mg+2]. The molecule has 2 nitrogen and oxygen atoms in total. The van der Waals surface area contributed by atoms with Crippen LogP contribution in [0.2, 0.25) is 0 Å². The molecule has 0 radical (unpaired) electrons. The van der Waals surface area contributed by atoms with Crippen molar-refractivity contribution in [3.05, 3.63) is 24.3 Å². The van der Waals surface area contributed by atoms with E-state index in [9.17, 15) is 0 Å². The summed E-state index contributed by atoms with van der Waals surface area (Å²) in [5.41, 5.74) is 0. The number of hydrogen-bond donors (Lipinski definition) is 1. The summed E-state index contributed by atoms with van der Waals surface area (Å²) in [7, 11) is 1.56. The van der Waals surface area contributed by atoms with Crippen LogP contribution >= 0.6 is 0 Å². The van der Waals surface area contributed by atoms with Crippen LogP contribution in [0.15, 0.2) is 24.3 Å². The van der Waals surface area contributed by atoms with Gasteiger partial charge in [0.05, 0.1) is 7.11 Å². The zero-order valence-corrected chi connectivity index (χ0v) is 7.29. The molecule has 0 spiro atoms. The Hall–Kier alpha value is -0.414. The number of phenolic OH excluding ortho intramolecular Hbond substituents is 1. The van der Waals surface area contributed by atoms with Gasteiger partial charge >= 0.3 is 23.1 Å². The molecule has 0 aromatic heterocycles. The van der Waals surface area contributed by atoms with Gasteiger partial charge < -0.3 is 12.7 Å². The summed E-state index contributed by atoms with van der Waals surface area (Å²) < 4.78 is 4.84. The molecule has 3 heteroatoms. The van der Waals surface area contributed by atoms with Crippen molar-refractivity contribution in [2.45, 2.75) is 0 Å². The molecule has 10 heavy (non-hydrogen) atoms. The third-order valence-corrected chi connectivity index (χ3v) is 1.05. The van der Waals surface area contributed by atoms with Gasteiger partial charge in [0.2, 0.25) is 0 Å². The molecule has 52 valence electrons. The van der Waals surface area contributed by atoms with E-state index < -0.39 is 0 Å². The molecule has 0 amide bonds. The van der Waals surface area contributed by atoms with Crippen LogP contribution < -0.4 is 4.74 Å². The number of hydrogen-bond acceptors (Lipinski definition) is 2. The van der Waals surface area contributed by atoms with Gasteiger partial charge in [-0.15, -0.1) is 0 Å². The number of methoxy groups -OCH3 is 1. The van der Waals surface area contributed by atoms with Gasteiger partial charge in [-0.3, -0.25) is 0 Å². The smallest absolute Gasteiger partial charge is 1.00 e. The predicted molar refractivity (Wildman–Crippen MR) is 42.6 cm³/mol. The summed E-state index contributed by atoms with van der Waals surface area (Å²) in [6, 6.07) is 6.66. The second-order valence-electron chi connectivity index (χ2n) is 1.70. The topological polar surface area (TPSA) is 29.5 Å². The van der Waals surface area contributed by atoms with E-state index in [1.807, 2.05) is 0 Å². The maximum absolute atomic E-state index is 8.86. The van der Waals surface area contributed by atoms with E-state index in [0.29, 0.717) is 5.75 Å². The quantitative estimate of drug-likeness (QED) is 0.611. The standard InChI is InChI=1S/C7H8O2.Mg.2H/c1-9-7-4-2-3-6(8)5-7;;;/h2-5,8H,1H3;;;/q;+2;2*-1. The Morgan fingerprint density at radius 1 is 1.50 bits per heavy atom. The molecular formula is C7H10MgO2. The van der Waals surface area contributed by atoms with Crippen LogP contribution in [-0.2, 0) is 0 Å². The number of rotatable bonds is 1. The molecule has 0 aliphatic heterocycles.